The van der Waals surface area contributed by atoms with Crippen LogP contribution in [0.5, 0.6) is 0 Å². The van der Waals surface area contributed by atoms with E-state index in [2.05, 4.69) is 30.9 Å². The third-order valence-corrected chi connectivity index (χ3v) is 5.94. The predicted molar refractivity (Wildman–Crippen MR) is 138 cm³/mol. The second-order valence-corrected chi connectivity index (χ2v) is 9.34. The van der Waals surface area contributed by atoms with Gasteiger partial charge in [-0.3, -0.25) is 19.4 Å². The van der Waals surface area contributed by atoms with E-state index in [1.54, 1.807) is 20.8 Å². The van der Waals surface area contributed by atoms with Crippen molar-refractivity contribution in [3.05, 3.63) is 18.2 Å². The number of aromatic amines is 1. The number of nitrogens with zero attached hydrogens (tertiary/aromatic N) is 2. The molecule has 0 aliphatic rings. The summed E-state index contributed by atoms with van der Waals surface area (Å²) in [6.07, 6.45) is 4.19. The first-order chi connectivity index (χ1) is 17.4. The molecule has 1 rings (SSSR count). The van der Waals surface area contributed by atoms with E-state index in [0.717, 1.165) is 0 Å². The summed E-state index contributed by atoms with van der Waals surface area (Å²) in [5.74, 6) is -3.63. The van der Waals surface area contributed by atoms with Crippen molar-refractivity contribution in [1.29, 1.82) is 0 Å². The molecule has 11 N–H and O–H groups in total. The van der Waals surface area contributed by atoms with Gasteiger partial charge in [-0.1, -0.05) is 34.1 Å². The molecule has 14 nitrogen and oxygen atoms in total. The fourth-order valence-electron chi connectivity index (χ4n) is 3.47. The standard InChI is InChI=1S/C23H41N9O5/c1-5-13(4)18(21(35)30-16(22(36)37)9-14-10-27-11-29-14)32-20(34)17(12(2)3)31-19(33)15(24)7-6-8-28-23(25)26/h10-13,15-18H,5-9,24H2,1-4H3,(H,27,29)(H,30,35)(H,31,33)(H,32,34)(H,36,37)(H4,25,26,28). The highest BCUT2D eigenvalue weighted by molar-refractivity contribution is 5.94. The Balaban J connectivity index is 2.89. The van der Waals surface area contributed by atoms with Crippen LogP contribution in [0.3, 0.4) is 0 Å². The summed E-state index contributed by atoms with van der Waals surface area (Å²) >= 11 is 0. The lowest BCUT2D eigenvalue weighted by Gasteiger charge is -2.29. The molecule has 0 aliphatic heterocycles. The van der Waals surface area contributed by atoms with Crippen LogP contribution in [-0.2, 0) is 25.6 Å². The molecule has 0 saturated heterocycles. The Morgan fingerprint density at radius 2 is 1.68 bits per heavy atom. The summed E-state index contributed by atoms with van der Waals surface area (Å²) in [7, 11) is 0. The minimum Gasteiger partial charge on any atom is -0.480 e. The summed E-state index contributed by atoms with van der Waals surface area (Å²) in [4.78, 5) is 61.1. The monoisotopic (exact) mass is 523 g/mol. The van der Waals surface area contributed by atoms with Crippen LogP contribution in [0.25, 0.3) is 0 Å². The first-order valence-electron chi connectivity index (χ1n) is 12.3. The average molecular weight is 524 g/mol. The first-order valence-corrected chi connectivity index (χ1v) is 12.3. The van der Waals surface area contributed by atoms with Gasteiger partial charge in [-0.2, -0.15) is 0 Å². The maximum absolute atomic E-state index is 13.2. The van der Waals surface area contributed by atoms with Gasteiger partial charge in [0.2, 0.25) is 17.7 Å². The topological polar surface area (TPSA) is 244 Å². The van der Waals surface area contributed by atoms with E-state index in [1.807, 2.05) is 6.92 Å². The summed E-state index contributed by atoms with van der Waals surface area (Å²) in [6, 6.07) is -4.09. The Bertz CT molecular complexity index is 916. The number of H-pyrrole nitrogens is 1. The number of amides is 3. The van der Waals surface area contributed by atoms with E-state index < -0.39 is 47.9 Å². The number of carbonyl (C=O) groups is 4. The number of nitrogens with two attached hydrogens (primary N) is 3. The van der Waals surface area contributed by atoms with Gasteiger partial charge >= 0.3 is 5.97 Å². The number of aliphatic imine (C=N–C) groups is 1. The predicted octanol–water partition coefficient (Wildman–Crippen LogP) is -1.43. The van der Waals surface area contributed by atoms with Crippen LogP contribution >= 0.6 is 0 Å². The minimum absolute atomic E-state index is 0.00596. The smallest absolute Gasteiger partial charge is 0.326 e. The molecule has 0 aliphatic carbocycles. The van der Waals surface area contributed by atoms with Crippen molar-refractivity contribution in [2.24, 2.45) is 34.0 Å². The number of nitrogens with one attached hydrogen (secondary N) is 4. The number of guanidine groups is 1. The first kappa shape index (κ1) is 31.4. The number of carboxylic acid groups (broad SMARTS) is 1. The van der Waals surface area contributed by atoms with Gasteiger partial charge in [0.25, 0.3) is 0 Å². The molecular weight excluding hydrogens is 482 g/mol. The van der Waals surface area contributed by atoms with Crippen LogP contribution in [0.15, 0.2) is 17.5 Å². The molecule has 0 saturated carbocycles. The molecule has 0 fully saturated rings. The molecule has 14 heteroatoms. The highest BCUT2D eigenvalue weighted by Crippen LogP contribution is 2.12. The van der Waals surface area contributed by atoms with Gasteiger partial charge in [0.15, 0.2) is 5.96 Å². The molecule has 0 aromatic carbocycles. The zero-order valence-corrected chi connectivity index (χ0v) is 21.9. The van der Waals surface area contributed by atoms with Crippen molar-refractivity contribution in [2.75, 3.05) is 6.54 Å². The quantitative estimate of drug-likeness (QED) is 0.0718. The van der Waals surface area contributed by atoms with Gasteiger partial charge in [0.1, 0.15) is 18.1 Å². The third kappa shape index (κ3) is 10.9. The Hall–Kier alpha value is -3.68. The fraction of sp³-hybridized carbons (Fsp3) is 0.652. The lowest BCUT2D eigenvalue weighted by Crippen LogP contribution is -2.60. The van der Waals surface area contributed by atoms with Crippen molar-refractivity contribution in [2.45, 2.75) is 77.5 Å². The molecule has 5 atom stereocenters. The number of rotatable bonds is 16. The molecule has 1 heterocycles. The molecular formula is C23H41N9O5. The highest BCUT2D eigenvalue weighted by Gasteiger charge is 2.33. The number of aliphatic carboxylic acids is 1. The summed E-state index contributed by atoms with van der Waals surface area (Å²) in [5, 5.41) is 17.4. The van der Waals surface area contributed by atoms with Gasteiger partial charge in [-0.25, -0.2) is 9.78 Å². The average Bonchev–Trinajstić information content (AvgIpc) is 3.34. The van der Waals surface area contributed by atoms with Crippen molar-refractivity contribution >= 4 is 29.7 Å². The summed E-state index contributed by atoms with van der Waals surface area (Å²) in [5.41, 5.74) is 17.0. The highest BCUT2D eigenvalue weighted by atomic mass is 16.4. The maximum atomic E-state index is 13.2. The van der Waals surface area contributed by atoms with E-state index in [0.29, 0.717) is 31.5 Å². The molecule has 5 unspecified atom stereocenters. The molecule has 208 valence electrons. The second kappa shape index (κ2) is 15.4. The largest absolute Gasteiger partial charge is 0.480 e. The molecule has 1 aromatic rings. The SMILES string of the molecule is CCC(C)C(NC(=O)C(NC(=O)C(N)CCCN=C(N)N)C(C)C)C(=O)NC(Cc1cnc[nH]1)C(=O)O. The van der Waals surface area contributed by atoms with Gasteiger partial charge < -0.3 is 43.2 Å². The summed E-state index contributed by atoms with van der Waals surface area (Å²) < 4.78 is 0. The Kier molecular flexibility index (Phi) is 13.1. The lowest BCUT2D eigenvalue weighted by atomic mass is 9.95. The van der Waals surface area contributed by atoms with Crippen molar-refractivity contribution < 1.29 is 24.3 Å². The number of aromatic nitrogens is 2. The number of hydrogen-bond donors (Lipinski definition) is 8. The van der Waals surface area contributed by atoms with Crippen LogP contribution in [0.2, 0.25) is 0 Å². The molecule has 1 aromatic heterocycles. The van der Waals surface area contributed by atoms with Crippen LogP contribution in [0.1, 0.15) is 52.7 Å². The van der Waals surface area contributed by atoms with Gasteiger partial charge in [0, 0.05) is 24.9 Å². The summed E-state index contributed by atoms with van der Waals surface area (Å²) in [6.45, 7) is 7.43. The zero-order chi connectivity index (χ0) is 28.1. The lowest BCUT2D eigenvalue weighted by molar-refractivity contribution is -0.142. The number of carbonyl (C=O) groups excluding carboxylic acids is 3. The van der Waals surface area contributed by atoms with E-state index in [1.165, 1.54) is 12.5 Å². The van der Waals surface area contributed by atoms with Crippen molar-refractivity contribution in [3.63, 3.8) is 0 Å². The Labute approximate surface area is 216 Å². The van der Waals surface area contributed by atoms with Crippen molar-refractivity contribution in [3.8, 4) is 0 Å². The van der Waals surface area contributed by atoms with Crippen molar-refractivity contribution in [1.82, 2.24) is 25.9 Å². The molecule has 0 bridgehead atoms. The van der Waals surface area contributed by atoms with E-state index >= 15 is 0 Å². The number of carboxylic acids is 1. The number of imidazole rings is 1. The minimum atomic E-state index is -1.23. The van der Waals surface area contributed by atoms with Crippen LogP contribution < -0.4 is 33.2 Å². The normalized spacial score (nSPS) is 15.1. The van der Waals surface area contributed by atoms with Crippen LogP contribution in [-0.4, -0.2) is 75.4 Å². The van der Waals surface area contributed by atoms with Gasteiger partial charge in [-0.05, 0) is 24.7 Å². The molecule has 3 amide bonds. The van der Waals surface area contributed by atoms with E-state index in [-0.39, 0.29) is 24.2 Å². The molecule has 37 heavy (non-hydrogen) atoms. The van der Waals surface area contributed by atoms with Crippen LogP contribution in [0.4, 0.5) is 0 Å². The second-order valence-electron chi connectivity index (χ2n) is 9.34. The number of hydrogen-bond acceptors (Lipinski definition) is 7. The van der Waals surface area contributed by atoms with Gasteiger partial charge in [0.05, 0.1) is 12.4 Å². The maximum Gasteiger partial charge on any atom is 0.326 e. The Morgan fingerprint density at radius 3 is 2.19 bits per heavy atom. The fourth-order valence-corrected chi connectivity index (χ4v) is 3.47. The molecule has 0 radical (unpaired) electrons. The zero-order valence-electron chi connectivity index (χ0n) is 21.9. The van der Waals surface area contributed by atoms with Gasteiger partial charge in [-0.15, -0.1) is 0 Å². The van der Waals surface area contributed by atoms with E-state index in [9.17, 15) is 24.3 Å². The third-order valence-electron chi connectivity index (χ3n) is 5.94. The Morgan fingerprint density at radius 1 is 1.05 bits per heavy atom. The van der Waals surface area contributed by atoms with E-state index in [4.69, 9.17) is 17.2 Å². The molecule has 0 spiro atoms. The van der Waals surface area contributed by atoms with Crippen LogP contribution in [0, 0.1) is 11.8 Å².